The number of hydrogen-bond donors (Lipinski definition) is 0. The van der Waals surface area contributed by atoms with Crippen molar-refractivity contribution in [3.8, 4) is 0 Å². The first-order valence-electron chi connectivity index (χ1n) is 7.51. The Balaban J connectivity index is 1.93. The maximum atomic E-state index is 5.62. The molecule has 0 unspecified atom stereocenters. The maximum absolute atomic E-state index is 5.62. The van der Waals surface area contributed by atoms with Gasteiger partial charge in [-0.3, -0.25) is 4.90 Å². The van der Waals surface area contributed by atoms with Crippen molar-refractivity contribution in [3.63, 3.8) is 0 Å². The van der Waals surface area contributed by atoms with Crippen LogP contribution in [0.1, 0.15) is 24.5 Å². The zero-order chi connectivity index (χ0) is 14.4. The molecule has 1 aliphatic heterocycles. The van der Waals surface area contributed by atoms with Crippen LogP contribution in [0.2, 0.25) is 0 Å². The number of ether oxygens (including phenoxy) is 1. The molecule has 0 amide bonds. The average Bonchev–Trinajstić information content (AvgIpc) is 2.47. The van der Waals surface area contributed by atoms with Gasteiger partial charge in [0.25, 0.3) is 0 Å². The molecule has 1 saturated heterocycles. The highest BCUT2D eigenvalue weighted by molar-refractivity contribution is 5.58. The van der Waals surface area contributed by atoms with E-state index in [-0.39, 0.29) is 0 Å². The highest BCUT2D eigenvalue weighted by Crippen LogP contribution is 2.17. The van der Waals surface area contributed by atoms with Gasteiger partial charge in [-0.25, -0.2) is 0 Å². The molecule has 20 heavy (non-hydrogen) atoms. The summed E-state index contributed by atoms with van der Waals surface area (Å²) in [6.07, 6.45) is 1.01. The van der Waals surface area contributed by atoms with E-state index in [0.717, 1.165) is 57.1 Å². The third-order valence-electron chi connectivity index (χ3n) is 3.73. The molecule has 3 nitrogen and oxygen atoms in total. The highest BCUT2D eigenvalue weighted by atomic mass is 16.5. The third kappa shape index (κ3) is 4.36. The molecule has 0 spiro atoms. The summed E-state index contributed by atoms with van der Waals surface area (Å²) in [5, 5.41) is 0. The van der Waals surface area contributed by atoms with Gasteiger partial charge in [0.05, 0.1) is 6.61 Å². The van der Waals surface area contributed by atoms with Gasteiger partial charge in [0.1, 0.15) is 5.76 Å². The fraction of sp³-hybridized carbons (Fsp3) is 0.529. The van der Waals surface area contributed by atoms with Crippen LogP contribution < -0.4 is 0 Å². The summed E-state index contributed by atoms with van der Waals surface area (Å²) < 4.78 is 5.62. The van der Waals surface area contributed by atoms with Crippen LogP contribution in [0.15, 0.2) is 30.8 Å². The lowest BCUT2D eigenvalue weighted by Crippen LogP contribution is -2.43. The van der Waals surface area contributed by atoms with Crippen molar-refractivity contribution in [1.29, 1.82) is 0 Å². The van der Waals surface area contributed by atoms with Gasteiger partial charge in [-0.1, -0.05) is 31.7 Å². The monoisotopic (exact) mass is 274 g/mol. The third-order valence-corrected chi connectivity index (χ3v) is 3.73. The minimum Gasteiger partial charge on any atom is -0.494 e. The number of rotatable bonds is 6. The van der Waals surface area contributed by atoms with Crippen molar-refractivity contribution in [2.24, 2.45) is 0 Å². The zero-order valence-electron chi connectivity index (χ0n) is 12.8. The van der Waals surface area contributed by atoms with Gasteiger partial charge in [0, 0.05) is 38.3 Å². The van der Waals surface area contributed by atoms with E-state index in [1.54, 1.807) is 0 Å². The summed E-state index contributed by atoms with van der Waals surface area (Å²) in [6, 6.07) is 8.57. The van der Waals surface area contributed by atoms with E-state index in [0.29, 0.717) is 0 Å². The quantitative estimate of drug-likeness (QED) is 0.742. The molecular formula is C17H26N2O. The molecule has 0 N–H and O–H groups in total. The van der Waals surface area contributed by atoms with E-state index >= 15 is 0 Å². The molecule has 0 saturated carbocycles. The highest BCUT2D eigenvalue weighted by Gasteiger charge is 2.14. The second kappa shape index (κ2) is 7.46. The summed E-state index contributed by atoms with van der Waals surface area (Å²) in [6.45, 7) is 12.5. The van der Waals surface area contributed by atoms with E-state index in [1.165, 1.54) is 5.56 Å². The van der Waals surface area contributed by atoms with Gasteiger partial charge in [-0.05, 0) is 25.1 Å². The number of benzene rings is 1. The molecular weight excluding hydrogens is 248 g/mol. The summed E-state index contributed by atoms with van der Waals surface area (Å²) in [5.74, 6) is 0.784. The van der Waals surface area contributed by atoms with Crippen molar-refractivity contribution in [2.75, 3.05) is 39.8 Å². The Hall–Kier alpha value is -1.32. The Bertz CT molecular complexity index is 436. The SMILES string of the molecule is C=C(OCCC)c1cccc(CN2CCN(C)CC2)c1. The van der Waals surface area contributed by atoms with Crippen LogP contribution >= 0.6 is 0 Å². The van der Waals surface area contributed by atoms with E-state index in [1.807, 2.05) is 0 Å². The van der Waals surface area contributed by atoms with Crippen LogP contribution in [-0.4, -0.2) is 49.6 Å². The summed E-state index contributed by atoms with van der Waals surface area (Å²) in [7, 11) is 2.19. The van der Waals surface area contributed by atoms with Crippen molar-refractivity contribution >= 4 is 5.76 Å². The predicted molar refractivity (Wildman–Crippen MR) is 84.5 cm³/mol. The first-order chi connectivity index (χ1) is 9.69. The van der Waals surface area contributed by atoms with Crippen molar-refractivity contribution < 1.29 is 4.74 Å². The number of nitrogens with zero attached hydrogens (tertiary/aromatic N) is 2. The Morgan fingerprint density at radius 1 is 1.25 bits per heavy atom. The molecule has 0 aliphatic carbocycles. The van der Waals surface area contributed by atoms with Crippen molar-refractivity contribution in [2.45, 2.75) is 19.9 Å². The Morgan fingerprint density at radius 3 is 2.70 bits per heavy atom. The van der Waals surface area contributed by atoms with Crippen LogP contribution in [0.4, 0.5) is 0 Å². The van der Waals surface area contributed by atoms with Gasteiger partial charge in [-0.2, -0.15) is 0 Å². The van der Waals surface area contributed by atoms with Crippen molar-refractivity contribution in [1.82, 2.24) is 9.80 Å². The minimum absolute atomic E-state index is 0.738. The van der Waals surface area contributed by atoms with Crippen LogP contribution in [0.25, 0.3) is 5.76 Å². The van der Waals surface area contributed by atoms with E-state index < -0.39 is 0 Å². The van der Waals surface area contributed by atoms with Gasteiger partial charge in [0.2, 0.25) is 0 Å². The first-order valence-corrected chi connectivity index (χ1v) is 7.51. The van der Waals surface area contributed by atoms with Crippen LogP contribution in [0.5, 0.6) is 0 Å². The largest absolute Gasteiger partial charge is 0.494 e. The normalized spacial score (nSPS) is 17.1. The Morgan fingerprint density at radius 2 is 2.00 bits per heavy atom. The smallest absolute Gasteiger partial charge is 0.119 e. The summed E-state index contributed by atoms with van der Waals surface area (Å²) in [5.41, 5.74) is 2.44. The molecule has 1 aliphatic rings. The maximum Gasteiger partial charge on any atom is 0.119 e. The van der Waals surface area contributed by atoms with Crippen LogP contribution in [-0.2, 0) is 11.3 Å². The Labute approximate surface area is 122 Å². The average molecular weight is 274 g/mol. The van der Waals surface area contributed by atoms with E-state index in [9.17, 15) is 0 Å². The first kappa shape index (κ1) is 15.1. The molecule has 0 aromatic heterocycles. The van der Waals surface area contributed by atoms with Gasteiger partial charge < -0.3 is 9.64 Å². The predicted octanol–water partition coefficient (Wildman–Crippen LogP) is 2.83. The lowest BCUT2D eigenvalue weighted by atomic mass is 10.1. The van der Waals surface area contributed by atoms with E-state index in [2.05, 4.69) is 54.6 Å². The fourth-order valence-electron chi connectivity index (χ4n) is 2.42. The fourth-order valence-corrected chi connectivity index (χ4v) is 2.42. The van der Waals surface area contributed by atoms with Gasteiger partial charge in [-0.15, -0.1) is 0 Å². The van der Waals surface area contributed by atoms with E-state index in [4.69, 9.17) is 4.74 Å². The van der Waals surface area contributed by atoms with Gasteiger partial charge in [0.15, 0.2) is 0 Å². The molecule has 0 bridgehead atoms. The molecule has 110 valence electrons. The minimum atomic E-state index is 0.738. The van der Waals surface area contributed by atoms with Gasteiger partial charge >= 0.3 is 0 Å². The topological polar surface area (TPSA) is 15.7 Å². The lowest BCUT2D eigenvalue weighted by Gasteiger charge is -2.32. The molecule has 2 rings (SSSR count). The van der Waals surface area contributed by atoms with Crippen LogP contribution in [0, 0.1) is 0 Å². The molecule has 0 atom stereocenters. The zero-order valence-corrected chi connectivity index (χ0v) is 12.8. The molecule has 1 aromatic rings. The molecule has 1 fully saturated rings. The number of likely N-dealkylation sites (N-methyl/N-ethyl adjacent to an activating group) is 1. The Kier molecular flexibility index (Phi) is 5.62. The molecule has 3 heteroatoms. The molecule has 1 heterocycles. The van der Waals surface area contributed by atoms with Crippen molar-refractivity contribution in [3.05, 3.63) is 42.0 Å². The standard InChI is InChI=1S/C17H26N2O/c1-4-12-20-15(2)17-7-5-6-16(13-17)14-19-10-8-18(3)9-11-19/h5-7,13H,2,4,8-12,14H2,1,3H3. The second-order valence-electron chi connectivity index (χ2n) is 5.55. The second-order valence-corrected chi connectivity index (χ2v) is 5.55. The molecule has 0 radical (unpaired) electrons. The number of piperazine rings is 1. The summed E-state index contributed by atoms with van der Waals surface area (Å²) in [4.78, 5) is 4.89. The summed E-state index contributed by atoms with van der Waals surface area (Å²) >= 11 is 0. The number of hydrogen-bond acceptors (Lipinski definition) is 3. The lowest BCUT2D eigenvalue weighted by molar-refractivity contribution is 0.148. The van der Waals surface area contributed by atoms with Crippen LogP contribution in [0.3, 0.4) is 0 Å². The molecule has 1 aromatic carbocycles.